The van der Waals surface area contributed by atoms with E-state index in [1.165, 1.54) is 0 Å². The summed E-state index contributed by atoms with van der Waals surface area (Å²) in [6.07, 6.45) is -95.3. The summed E-state index contributed by atoms with van der Waals surface area (Å²) >= 11 is 0. The Balaban J connectivity index is 1.16. The van der Waals surface area contributed by atoms with Crippen molar-refractivity contribution < 1.29 is 251 Å². The molecule has 7 amide bonds. The summed E-state index contributed by atoms with van der Waals surface area (Å²) in [5.41, 5.74) is 0. The summed E-state index contributed by atoms with van der Waals surface area (Å²) in [4.78, 5) is 90.5. The minimum atomic E-state index is -2.85. The van der Waals surface area contributed by atoms with Crippen molar-refractivity contribution in [1.29, 1.82) is 0 Å². The molecule has 0 aromatic heterocycles. The van der Waals surface area contributed by atoms with Crippen molar-refractivity contribution in [3.63, 3.8) is 0 Å². The normalized spacial score (nSPS) is 46.7. The molecular weight excluding hydrogens is 1800 g/mol. The van der Waals surface area contributed by atoms with Crippen molar-refractivity contribution in [2.75, 3.05) is 66.1 Å². The molecule has 10 saturated heterocycles. The number of hydrogen-bond acceptors (Lipinski definition) is 51. The number of amides is 7. The predicted molar refractivity (Wildman–Crippen MR) is 411 cm³/mol. The standard InChI is InChI=1S/C74H123N7O51/c1-18(90)75-35-53(108)58(30(13-87)116-65(35)113)126-71-41(81-24(7)96)54(109)59(31(14-88)122-71)128-72-57(112)62(130-74-64(132-70-40(80-23(6)95)52(107)46(101)29(12-86)121-70)56(111)60(32(15-89)123-74)127-67-37(77-20(3)92)49(104)43(98)26(9-83)118-67)61(129-68-38(78-21(4)93)50(105)44(99)27(10-84)119-68)34(125-72)17-115-73-63(131-69-39(79-22(5)94)51(106)45(100)28(11-85)120-69)55(110)47(102)33(124-73)16-114-66-36(76-19(2)91)48(103)42(97)25(8-82)117-66/h25-74,82-89,97-113H,8-17H2,1-7H3,(H,75,90)(H,76,91)(H,77,92)(H,78,93)(H,79,94)(H,80,95)(H,81,96)/t25-,26-,27-,28-,29-,30-,31-,32-,33-,34-,35-,36-,37-,38-,39-,40-,41-,42-,43-,44-,45-,46-,47-,48-,49-,50-,51-,52-,53-,54+,55+,56+,57+,58-,59-,60-,61-,62-,63+,64+,65?,66-,67+,68+,69+,70-,71+,72+,73+,74-/m1/s1. The van der Waals surface area contributed by atoms with Crippen molar-refractivity contribution >= 4 is 41.4 Å². The summed E-state index contributed by atoms with van der Waals surface area (Å²) in [6.45, 7) is -5.33. The van der Waals surface area contributed by atoms with E-state index in [2.05, 4.69) is 37.2 Å². The lowest BCUT2D eigenvalue weighted by molar-refractivity contribution is -0.412. The van der Waals surface area contributed by atoms with E-state index < -0.39 is 414 Å². The Morgan fingerprint density at radius 3 is 0.780 bits per heavy atom. The van der Waals surface area contributed by atoms with Crippen molar-refractivity contribution in [1.82, 2.24) is 37.2 Å². The molecule has 10 aliphatic rings. The monoisotopic (exact) mass is 1930 g/mol. The van der Waals surface area contributed by atoms with E-state index in [1.54, 1.807) is 0 Å². The quantitative estimate of drug-likeness (QED) is 0.0280. The maximum atomic E-state index is 13.6. The number of ether oxygens (including phenoxy) is 19. The third-order valence-corrected chi connectivity index (χ3v) is 23.7. The molecule has 760 valence electrons. The number of nitrogens with one attached hydrogen (secondary N) is 7. The van der Waals surface area contributed by atoms with E-state index in [9.17, 15) is 161 Å². The van der Waals surface area contributed by atoms with E-state index in [1.807, 2.05) is 0 Å². The number of rotatable bonds is 35. The average Bonchev–Trinajstić information content (AvgIpc) is 0.752. The topological polar surface area (TPSA) is 885 Å². The highest BCUT2D eigenvalue weighted by molar-refractivity contribution is 5.75. The fourth-order valence-corrected chi connectivity index (χ4v) is 17.0. The number of hydrogen-bond donors (Lipinski definition) is 32. The Morgan fingerprint density at radius 1 is 0.197 bits per heavy atom. The molecule has 10 aliphatic heterocycles. The molecule has 0 spiro atoms. The zero-order valence-electron chi connectivity index (χ0n) is 71.7. The van der Waals surface area contributed by atoms with Crippen LogP contribution in [0.1, 0.15) is 48.5 Å². The van der Waals surface area contributed by atoms with Crippen LogP contribution in [0.5, 0.6) is 0 Å². The highest BCUT2D eigenvalue weighted by atomic mass is 16.8. The van der Waals surface area contributed by atoms with E-state index in [0.717, 1.165) is 48.5 Å². The van der Waals surface area contributed by atoms with Gasteiger partial charge in [0.1, 0.15) is 244 Å². The van der Waals surface area contributed by atoms with Crippen LogP contribution in [0, 0.1) is 0 Å². The molecule has 10 rings (SSSR count). The van der Waals surface area contributed by atoms with Crippen molar-refractivity contribution in [2.45, 2.75) is 355 Å². The molecular formula is C74H123N7O51. The lowest BCUT2D eigenvalue weighted by atomic mass is 9.93. The third-order valence-electron chi connectivity index (χ3n) is 23.7. The molecule has 0 aliphatic carbocycles. The summed E-state index contributed by atoms with van der Waals surface area (Å²) in [7, 11) is 0. The van der Waals surface area contributed by atoms with Crippen LogP contribution in [0.3, 0.4) is 0 Å². The Bertz CT molecular complexity index is 3700. The van der Waals surface area contributed by atoms with Crippen molar-refractivity contribution in [3.05, 3.63) is 0 Å². The number of aliphatic hydroxyl groups is 25. The van der Waals surface area contributed by atoms with E-state index >= 15 is 0 Å². The van der Waals surface area contributed by atoms with Gasteiger partial charge in [-0.15, -0.1) is 0 Å². The molecule has 132 heavy (non-hydrogen) atoms. The summed E-state index contributed by atoms with van der Waals surface area (Å²) in [5.74, 6) is -6.63. The van der Waals surface area contributed by atoms with Gasteiger partial charge in [0.15, 0.2) is 62.9 Å². The number of carbonyl (C=O) groups excluding carboxylic acids is 7. The van der Waals surface area contributed by atoms with Crippen LogP contribution in [0.15, 0.2) is 0 Å². The lowest BCUT2D eigenvalue weighted by Crippen LogP contribution is -2.72. The Kier molecular flexibility index (Phi) is 39.4. The second-order valence-corrected chi connectivity index (χ2v) is 33.2. The number of aliphatic hydroxyl groups excluding tert-OH is 25. The molecule has 1 unspecified atom stereocenters. The largest absolute Gasteiger partial charge is 0.394 e. The molecule has 10 fully saturated rings. The zero-order valence-corrected chi connectivity index (χ0v) is 71.7. The second kappa shape index (κ2) is 47.9. The summed E-state index contributed by atoms with van der Waals surface area (Å²) < 4.78 is 118. The van der Waals surface area contributed by atoms with Crippen LogP contribution >= 0.6 is 0 Å². The van der Waals surface area contributed by atoms with Gasteiger partial charge in [-0.05, 0) is 0 Å². The highest BCUT2D eigenvalue weighted by Crippen LogP contribution is 2.42. The van der Waals surface area contributed by atoms with Gasteiger partial charge in [0.25, 0.3) is 0 Å². The maximum Gasteiger partial charge on any atom is 0.217 e. The summed E-state index contributed by atoms with van der Waals surface area (Å²) in [5, 5.41) is 303. The van der Waals surface area contributed by atoms with E-state index in [4.69, 9.17) is 90.0 Å². The van der Waals surface area contributed by atoms with Crippen LogP contribution in [-0.4, -0.2) is 542 Å². The first-order valence-electron chi connectivity index (χ1n) is 42.1. The van der Waals surface area contributed by atoms with Gasteiger partial charge >= 0.3 is 0 Å². The van der Waals surface area contributed by atoms with Crippen LogP contribution in [0.4, 0.5) is 0 Å². The molecule has 0 saturated carbocycles. The van der Waals surface area contributed by atoms with Crippen LogP contribution < -0.4 is 37.2 Å². The number of carbonyl (C=O) groups is 7. The summed E-state index contributed by atoms with van der Waals surface area (Å²) in [6, 6.07) is -13.4. The second-order valence-electron chi connectivity index (χ2n) is 33.2. The predicted octanol–water partition coefficient (Wildman–Crippen LogP) is -21.8. The average molecular weight is 1930 g/mol. The molecule has 58 heteroatoms. The molecule has 0 bridgehead atoms. The fourth-order valence-electron chi connectivity index (χ4n) is 17.0. The van der Waals surface area contributed by atoms with Gasteiger partial charge in [-0.1, -0.05) is 0 Å². The molecule has 50 atom stereocenters. The Morgan fingerprint density at radius 2 is 0.424 bits per heavy atom. The van der Waals surface area contributed by atoms with Gasteiger partial charge in [0, 0.05) is 48.5 Å². The minimum Gasteiger partial charge on any atom is -0.394 e. The van der Waals surface area contributed by atoms with Gasteiger partial charge in [0.2, 0.25) is 41.4 Å². The minimum absolute atomic E-state index is 0.838. The van der Waals surface area contributed by atoms with Gasteiger partial charge in [-0.3, -0.25) is 33.6 Å². The lowest BCUT2D eigenvalue weighted by Gasteiger charge is -2.53. The van der Waals surface area contributed by atoms with Gasteiger partial charge in [-0.2, -0.15) is 0 Å². The Labute approximate surface area is 748 Å². The SMILES string of the molecule is CC(=O)N[C@H]1[C@H](OC[C@H]2O[C@H](OC[C@H]3O[C@@H](O[C@H]4[C@@H](O)[C@@H](NC(C)=O)[C@H](O[C@H]5[C@H](O)[C@@H](NC(C)=O)C(O)O[C@@H]5CO)O[C@@H]4CO)[C@@H](O)[C@@H](O[C@H]4O[C@H](CO)[C@@H](O[C@@H]5O[C@H](CO)[C@@H](O)[C@H](O)[C@H]5NC(C)=O)[C@H](O)[C@@H]4O[C@H]4O[C@H](CO)[C@@H](O)[C@H](O)[C@H]4NC(C)=O)[C@@H]3O[C@@H]3O[C@H](CO)[C@@H](O)[C@H](O)[C@H]3NC(C)=O)[C@@H](O[C@@H]3O[C@H](CO)[C@@H](O)[C@H](O)[C@H]3NC(C)=O)[C@@H](O)[C@@H]2O)O[C@H](CO)[C@@H](O)[C@@H]1O. The molecule has 0 radical (unpaired) electrons. The van der Waals surface area contributed by atoms with Gasteiger partial charge in [-0.25, -0.2) is 0 Å². The Hall–Kier alpha value is -5.47. The highest BCUT2D eigenvalue weighted by Gasteiger charge is 2.63. The first-order chi connectivity index (χ1) is 62.4. The molecule has 0 aromatic carbocycles. The van der Waals surface area contributed by atoms with Crippen molar-refractivity contribution in [3.8, 4) is 0 Å². The molecule has 10 heterocycles. The molecule has 58 nitrogen and oxygen atoms in total. The van der Waals surface area contributed by atoms with E-state index in [0.29, 0.717) is 0 Å². The fraction of sp³-hybridized carbons (Fsp3) is 0.905. The van der Waals surface area contributed by atoms with Crippen LogP contribution in [-0.2, 0) is 124 Å². The first-order valence-corrected chi connectivity index (χ1v) is 42.1. The van der Waals surface area contributed by atoms with Crippen LogP contribution in [0.2, 0.25) is 0 Å². The third kappa shape index (κ3) is 24.9. The van der Waals surface area contributed by atoms with Gasteiger partial charge < -0.3 is 255 Å². The maximum absolute atomic E-state index is 13.6. The smallest absolute Gasteiger partial charge is 0.217 e. The van der Waals surface area contributed by atoms with E-state index in [-0.39, 0.29) is 0 Å². The molecule has 0 aromatic rings. The van der Waals surface area contributed by atoms with Crippen molar-refractivity contribution in [2.24, 2.45) is 0 Å². The van der Waals surface area contributed by atoms with Crippen LogP contribution in [0.25, 0.3) is 0 Å². The molecule has 32 N–H and O–H groups in total. The zero-order chi connectivity index (χ0) is 97.4. The van der Waals surface area contributed by atoms with Gasteiger partial charge in [0.05, 0.1) is 66.1 Å². The first kappa shape index (κ1) is 109.